The largest absolute Gasteiger partial charge is 0.507 e. The molecule has 3 fully saturated rings. The Balaban J connectivity index is 1.56. The lowest BCUT2D eigenvalue weighted by molar-refractivity contribution is -0.128. The third-order valence-electron chi connectivity index (χ3n) is 9.85. The van der Waals surface area contributed by atoms with Gasteiger partial charge in [0.2, 0.25) is 23.6 Å². The van der Waals surface area contributed by atoms with Crippen molar-refractivity contribution >= 4 is 40.9 Å². The molecule has 3 aromatic rings. The SMILES string of the molecule is COc1cc(O)c(C2C3=CCC4C(=O)NC(=O)C4C3CC3C(=O)N(c4cccc(Cl)c4)C(=O)C32c2ccccc2)c(OC)c1. The molecule has 0 spiro atoms. The van der Waals surface area contributed by atoms with E-state index in [1.54, 1.807) is 30.3 Å². The number of carbonyl (C=O) groups is 4. The van der Waals surface area contributed by atoms with Crippen molar-refractivity contribution in [3.63, 3.8) is 0 Å². The van der Waals surface area contributed by atoms with E-state index in [9.17, 15) is 19.5 Å². The number of anilines is 1. The van der Waals surface area contributed by atoms with Gasteiger partial charge in [-0.2, -0.15) is 0 Å². The van der Waals surface area contributed by atoms with Crippen LogP contribution in [0.1, 0.15) is 29.9 Å². The van der Waals surface area contributed by atoms with Crippen LogP contribution in [-0.2, 0) is 24.6 Å². The number of fused-ring (bicyclic) bond motifs is 4. The quantitative estimate of drug-likeness (QED) is 0.321. The van der Waals surface area contributed by atoms with Crippen molar-refractivity contribution < 1.29 is 33.8 Å². The molecule has 6 atom stereocenters. The predicted molar refractivity (Wildman–Crippen MR) is 160 cm³/mol. The van der Waals surface area contributed by atoms with Crippen molar-refractivity contribution in [2.75, 3.05) is 19.1 Å². The van der Waals surface area contributed by atoms with Crippen LogP contribution in [-0.4, -0.2) is 43.0 Å². The molecule has 1 saturated carbocycles. The van der Waals surface area contributed by atoms with E-state index >= 15 is 4.79 Å². The van der Waals surface area contributed by atoms with E-state index in [1.165, 1.54) is 25.2 Å². The first kappa shape index (κ1) is 28.2. The van der Waals surface area contributed by atoms with Gasteiger partial charge < -0.3 is 14.6 Å². The number of rotatable bonds is 5. The number of methoxy groups -OCH3 is 2. The molecule has 2 saturated heterocycles. The third-order valence-corrected chi connectivity index (χ3v) is 10.1. The van der Waals surface area contributed by atoms with Crippen LogP contribution < -0.4 is 19.7 Å². The van der Waals surface area contributed by atoms with Gasteiger partial charge in [0, 0.05) is 28.6 Å². The predicted octanol–water partition coefficient (Wildman–Crippen LogP) is 4.51. The van der Waals surface area contributed by atoms with Crippen LogP contribution in [0.5, 0.6) is 17.2 Å². The Kier molecular flexibility index (Phi) is 6.55. The Labute approximate surface area is 258 Å². The summed E-state index contributed by atoms with van der Waals surface area (Å²) in [5, 5.41) is 14.5. The maximum Gasteiger partial charge on any atom is 0.246 e. The van der Waals surface area contributed by atoms with Gasteiger partial charge in [0.05, 0.1) is 43.1 Å². The maximum absolute atomic E-state index is 15.2. The number of benzene rings is 3. The van der Waals surface area contributed by atoms with E-state index < -0.39 is 52.7 Å². The molecule has 0 bridgehead atoms. The fourth-order valence-corrected chi connectivity index (χ4v) is 8.32. The highest BCUT2D eigenvalue weighted by molar-refractivity contribution is 6.32. The van der Waals surface area contributed by atoms with Crippen LogP contribution in [0, 0.1) is 23.7 Å². The molecule has 9 nitrogen and oxygen atoms in total. The van der Waals surface area contributed by atoms with Gasteiger partial charge >= 0.3 is 0 Å². The molecule has 4 amide bonds. The van der Waals surface area contributed by atoms with Crippen LogP contribution in [0.25, 0.3) is 0 Å². The van der Waals surface area contributed by atoms with E-state index in [4.69, 9.17) is 21.1 Å². The average molecular weight is 613 g/mol. The molecule has 6 unspecified atom stereocenters. The smallest absolute Gasteiger partial charge is 0.246 e. The summed E-state index contributed by atoms with van der Waals surface area (Å²) in [5.74, 6) is -4.95. The first-order chi connectivity index (χ1) is 21.2. The minimum atomic E-state index is -1.53. The summed E-state index contributed by atoms with van der Waals surface area (Å²) in [7, 11) is 2.92. The Morgan fingerprint density at radius 1 is 0.932 bits per heavy atom. The summed E-state index contributed by atoms with van der Waals surface area (Å²) < 4.78 is 11.2. The van der Waals surface area contributed by atoms with Crippen LogP contribution in [0.15, 0.2) is 78.4 Å². The molecule has 7 rings (SSSR count). The van der Waals surface area contributed by atoms with Crippen LogP contribution in [0.2, 0.25) is 5.02 Å². The first-order valence-electron chi connectivity index (χ1n) is 14.4. The summed E-state index contributed by atoms with van der Waals surface area (Å²) in [6, 6.07) is 18.7. The van der Waals surface area contributed by atoms with Crippen molar-refractivity contribution in [3.05, 3.63) is 94.5 Å². The molecule has 44 heavy (non-hydrogen) atoms. The number of phenols is 1. The van der Waals surface area contributed by atoms with Gasteiger partial charge in [-0.3, -0.25) is 24.5 Å². The van der Waals surface area contributed by atoms with E-state index in [1.807, 2.05) is 36.4 Å². The van der Waals surface area contributed by atoms with Gasteiger partial charge in [0.15, 0.2) is 0 Å². The standard InChI is InChI=1S/C34H29ClN2O7/c1-43-20-14-25(38)28(26(15-20)44-2)29-21-11-12-22-27(31(40)36-30(22)39)23(21)16-24-32(41)37(19-10-6-9-18(35)13-19)33(42)34(24,29)17-7-4-3-5-8-17/h3-11,13-15,22-24,27,29,38H,12,16H2,1-2H3,(H,36,39,40). The molecule has 2 N–H and O–H groups in total. The zero-order valence-corrected chi connectivity index (χ0v) is 24.7. The van der Waals surface area contributed by atoms with Crippen molar-refractivity contribution in [1.29, 1.82) is 0 Å². The Morgan fingerprint density at radius 3 is 2.41 bits per heavy atom. The second-order valence-electron chi connectivity index (χ2n) is 11.7. The van der Waals surface area contributed by atoms with E-state index in [2.05, 4.69) is 5.32 Å². The van der Waals surface area contributed by atoms with Crippen molar-refractivity contribution in [1.82, 2.24) is 5.32 Å². The van der Waals surface area contributed by atoms with E-state index in [0.29, 0.717) is 33.2 Å². The zero-order valence-electron chi connectivity index (χ0n) is 24.0. The Bertz CT molecular complexity index is 1770. The number of allylic oxidation sites excluding steroid dienone is 2. The van der Waals surface area contributed by atoms with Gasteiger partial charge in [-0.1, -0.05) is 59.6 Å². The zero-order chi connectivity index (χ0) is 30.9. The number of imide groups is 2. The molecule has 2 aliphatic carbocycles. The van der Waals surface area contributed by atoms with Gasteiger partial charge in [-0.15, -0.1) is 0 Å². The number of ether oxygens (including phenoxy) is 2. The Hall–Kier alpha value is -4.63. The molecule has 224 valence electrons. The summed E-state index contributed by atoms with van der Waals surface area (Å²) in [6.07, 6.45) is 2.35. The molecule has 0 radical (unpaired) electrons. The van der Waals surface area contributed by atoms with Gasteiger partial charge in [0.25, 0.3) is 0 Å². The number of halogens is 1. The molecule has 0 aromatic heterocycles. The fraction of sp³-hybridized carbons (Fsp3) is 0.294. The topological polar surface area (TPSA) is 122 Å². The van der Waals surface area contributed by atoms with Crippen molar-refractivity contribution in [2.45, 2.75) is 24.2 Å². The van der Waals surface area contributed by atoms with Crippen molar-refractivity contribution in [2.24, 2.45) is 23.7 Å². The monoisotopic (exact) mass is 612 g/mol. The second-order valence-corrected chi connectivity index (χ2v) is 12.1. The fourth-order valence-electron chi connectivity index (χ4n) is 8.13. The maximum atomic E-state index is 15.2. The molecule has 2 heterocycles. The van der Waals surface area contributed by atoms with Crippen LogP contribution in [0.4, 0.5) is 5.69 Å². The number of hydrogen-bond donors (Lipinski definition) is 2. The highest BCUT2D eigenvalue weighted by Gasteiger charge is 2.70. The Morgan fingerprint density at radius 2 is 1.70 bits per heavy atom. The lowest BCUT2D eigenvalue weighted by atomic mass is 9.49. The number of nitrogens with one attached hydrogen (secondary N) is 1. The number of carbonyl (C=O) groups excluding carboxylic acids is 4. The summed E-state index contributed by atoms with van der Waals surface area (Å²) in [5.41, 5.74) is 0.391. The number of phenolic OH excluding ortho intramolecular Hbond substituents is 1. The van der Waals surface area contributed by atoms with Gasteiger partial charge in [-0.05, 0) is 42.5 Å². The number of nitrogens with zero attached hydrogens (tertiary/aromatic N) is 1. The lowest BCUT2D eigenvalue weighted by Crippen LogP contribution is -2.53. The molecule has 3 aromatic carbocycles. The number of amides is 4. The highest BCUT2D eigenvalue weighted by Crippen LogP contribution is 2.66. The summed E-state index contributed by atoms with van der Waals surface area (Å²) in [4.78, 5) is 57.1. The molecule has 10 heteroatoms. The van der Waals surface area contributed by atoms with E-state index in [-0.39, 0.29) is 30.2 Å². The van der Waals surface area contributed by atoms with Crippen LogP contribution >= 0.6 is 11.6 Å². The van der Waals surface area contributed by atoms with Gasteiger partial charge in [0.1, 0.15) is 17.2 Å². The molecule has 4 aliphatic rings. The van der Waals surface area contributed by atoms with E-state index in [0.717, 1.165) is 0 Å². The van der Waals surface area contributed by atoms with Crippen LogP contribution in [0.3, 0.4) is 0 Å². The molecular weight excluding hydrogens is 584 g/mol. The van der Waals surface area contributed by atoms with Gasteiger partial charge in [-0.25, -0.2) is 4.90 Å². The average Bonchev–Trinajstić information content (AvgIpc) is 3.44. The first-order valence-corrected chi connectivity index (χ1v) is 14.8. The highest BCUT2D eigenvalue weighted by atomic mass is 35.5. The molecule has 2 aliphatic heterocycles. The number of hydrogen-bond acceptors (Lipinski definition) is 7. The minimum absolute atomic E-state index is 0.153. The minimum Gasteiger partial charge on any atom is -0.507 e. The van der Waals surface area contributed by atoms with Crippen molar-refractivity contribution in [3.8, 4) is 17.2 Å². The third kappa shape index (κ3) is 3.78. The summed E-state index contributed by atoms with van der Waals surface area (Å²) >= 11 is 6.33. The lowest BCUT2D eigenvalue weighted by Gasteiger charge is -2.51. The normalized spacial score (nSPS) is 29.0. The summed E-state index contributed by atoms with van der Waals surface area (Å²) in [6.45, 7) is 0. The number of aromatic hydroxyl groups is 1. The molecular formula is C34H29ClN2O7. The second kappa shape index (κ2) is 10.2.